The van der Waals surface area contributed by atoms with Crippen LogP contribution in [0.1, 0.15) is 54.9 Å². The van der Waals surface area contributed by atoms with Gasteiger partial charge in [0.25, 0.3) is 5.91 Å². The smallest absolute Gasteiger partial charge is 0.253 e. The second-order valence-electron chi connectivity index (χ2n) is 9.40. The van der Waals surface area contributed by atoms with Crippen molar-refractivity contribution in [3.63, 3.8) is 0 Å². The number of hydrogen-bond donors (Lipinski definition) is 0. The average Bonchev–Trinajstić information content (AvgIpc) is 3.06. The highest BCUT2D eigenvalue weighted by molar-refractivity contribution is 5.94. The molecule has 0 radical (unpaired) electrons. The summed E-state index contributed by atoms with van der Waals surface area (Å²) in [5, 5.41) is 0. The lowest BCUT2D eigenvalue weighted by Gasteiger charge is -2.38. The number of rotatable bonds is 3. The number of aryl methyl sites for hydroxylation is 1. The Morgan fingerprint density at radius 3 is 2.79 bits per heavy atom. The number of ether oxygens (including phenoxy) is 1. The summed E-state index contributed by atoms with van der Waals surface area (Å²) in [6, 6.07) is 4.79. The molecule has 0 unspecified atom stereocenters. The van der Waals surface area contributed by atoms with Crippen LogP contribution in [0.2, 0.25) is 0 Å². The van der Waals surface area contributed by atoms with Gasteiger partial charge in [0.15, 0.2) is 0 Å². The van der Waals surface area contributed by atoms with E-state index in [1.165, 1.54) is 32.0 Å². The molecule has 3 saturated heterocycles. The Balaban J connectivity index is 1.30. The molecular formula is C23H33FN2O2. The molecule has 0 aliphatic carbocycles. The van der Waals surface area contributed by atoms with Gasteiger partial charge in [-0.05, 0) is 74.6 Å². The van der Waals surface area contributed by atoms with Crippen LogP contribution in [0.15, 0.2) is 18.2 Å². The Bertz CT molecular complexity index is 715. The molecule has 154 valence electrons. The normalized spacial score (nSPS) is 28.0. The Labute approximate surface area is 168 Å². The number of hydrogen-bond acceptors (Lipinski definition) is 3. The van der Waals surface area contributed by atoms with Gasteiger partial charge in [-0.3, -0.25) is 4.79 Å². The van der Waals surface area contributed by atoms with Crippen LogP contribution in [0.5, 0.6) is 0 Å². The van der Waals surface area contributed by atoms with Gasteiger partial charge >= 0.3 is 0 Å². The number of benzene rings is 1. The van der Waals surface area contributed by atoms with E-state index in [9.17, 15) is 9.18 Å². The lowest BCUT2D eigenvalue weighted by atomic mass is 9.76. The Morgan fingerprint density at radius 1 is 1.29 bits per heavy atom. The van der Waals surface area contributed by atoms with Gasteiger partial charge in [-0.15, -0.1) is 0 Å². The maximum atomic E-state index is 13.8. The Morgan fingerprint density at radius 2 is 2.07 bits per heavy atom. The molecule has 1 spiro atoms. The zero-order valence-electron chi connectivity index (χ0n) is 17.3. The third-order valence-electron chi connectivity index (χ3n) is 7.02. The highest BCUT2D eigenvalue weighted by atomic mass is 19.1. The highest BCUT2D eigenvalue weighted by Crippen LogP contribution is 2.42. The van der Waals surface area contributed by atoms with Crippen LogP contribution in [-0.4, -0.2) is 61.1 Å². The zero-order valence-corrected chi connectivity index (χ0v) is 17.3. The largest absolute Gasteiger partial charge is 0.376 e. The van der Waals surface area contributed by atoms with Gasteiger partial charge in [0, 0.05) is 31.7 Å². The molecule has 3 heterocycles. The second-order valence-corrected chi connectivity index (χ2v) is 9.40. The summed E-state index contributed by atoms with van der Waals surface area (Å²) in [6.45, 7) is 9.82. The van der Waals surface area contributed by atoms with Crippen molar-refractivity contribution in [2.75, 3.05) is 39.3 Å². The maximum absolute atomic E-state index is 13.8. The summed E-state index contributed by atoms with van der Waals surface area (Å²) in [6.07, 6.45) is 6.06. The third-order valence-corrected chi connectivity index (χ3v) is 7.02. The van der Waals surface area contributed by atoms with Crippen LogP contribution in [0.25, 0.3) is 0 Å². The van der Waals surface area contributed by atoms with Crippen LogP contribution in [-0.2, 0) is 4.74 Å². The van der Waals surface area contributed by atoms with Crippen molar-refractivity contribution in [2.24, 2.45) is 11.3 Å². The summed E-state index contributed by atoms with van der Waals surface area (Å²) in [5.41, 5.74) is 1.26. The molecule has 5 heteroatoms. The molecule has 3 fully saturated rings. The molecule has 3 aliphatic rings. The van der Waals surface area contributed by atoms with E-state index in [-0.39, 0.29) is 17.1 Å². The van der Waals surface area contributed by atoms with Crippen molar-refractivity contribution in [1.29, 1.82) is 0 Å². The van der Waals surface area contributed by atoms with Gasteiger partial charge < -0.3 is 14.5 Å². The molecule has 1 aromatic carbocycles. The number of carbonyl (C=O) groups is 1. The van der Waals surface area contributed by atoms with E-state index in [0.717, 1.165) is 51.4 Å². The molecule has 0 N–H and O–H groups in total. The first kappa shape index (κ1) is 19.8. The summed E-state index contributed by atoms with van der Waals surface area (Å²) in [5.74, 6) is 0.440. The van der Waals surface area contributed by atoms with E-state index in [2.05, 4.69) is 11.8 Å². The number of halogens is 1. The van der Waals surface area contributed by atoms with E-state index >= 15 is 0 Å². The first-order chi connectivity index (χ1) is 13.4. The summed E-state index contributed by atoms with van der Waals surface area (Å²) >= 11 is 0. The van der Waals surface area contributed by atoms with Gasteiger partial charge in [-0.2, -0.15) is 0 Å². The van der Waals surface area contributed by atoms with E-state index in [1.54, 1.807) is 19.1 Å². The summed E-state index contributed by atoms with van der Waals surface area (Å²) in [4.78, 5) is 17.2. The first-order valence-corrected chi connectivity index (χ1v) is 10.8. The molecule has 2 atom stereocenters. The van der Waals surface area contributed by atoms with E-state index in [1.807, 2.05) is 4.90 Å². The van der Waals surface area contributed by atoms with Crippen molar-refractivity contribution in [1.82, 2.24) is 9.80 Å². The van der Waals surface area contributed by atoms with E-state index in [4.69, 9.17) is 4.74 Å². The topological polar surface area (TPSA) is 32.8 Å². The fraction of sp³-hybridized carbons (Fsp3) is 0.696. The van der Waals surface area contributed by atoms with Crippen molar-refractivity contribution in [3.05, 3.63) is 35.1 Å². The number of nitrogens with zero attached hydrogens (tertiary/aromatic N) is 2. The van der Waals surface area contributed by atoms with E-state index in [0.29, 0.717) is 17.2 Å². The van der Waals surface area contributed by atoms with Gasteiger partial charge in [0.05, 0.1) is 12.7 Å². The zero-order chi connectivity index (χ0) is 19.7. The Kier molecular flexibility index (Phi) is 5.75. The number of likely N-dealkylation sites (tertiary alicyclic amines) is 2. The van der Waals surface area contributed by atoms with Crippen molar-refractivity contribution in [2.45, 2.75) is 52.1 Å². The van der Waals surface area contributed by atoms with Crippen molar-refractivity contribution < 1.29 is 13.9 Å². The third kappa shape index (κ3) is 4.25. The van der Waals surface area contributed by atoms with Gasteiger partial charge in [-0.1, -0.05) is 13.0 Å². The minimum Gasteiger partial charge on any atom is -0.376 e. The fourth-order valence-electron chi connectivity index (χ4n) is 5.19. The predicted octanol–water partition coefficient (Wildman–Crippen LogP) is 3.88. The minimum absolute atomic E-state index is 0.0495. The van der Waals surface area contributed by atoms with Gasteiger partial charge in [0.1, 0.15) is 5.82 Å². The average molecular weight is 389 g/mol. The standard InChI is InChI=1S/C23H33FN2O2/c1-17-4-3-9-25(14-17)15-20-13-23(16-28-20)7-10-26(11-8-23)22(27)19-6-5-18(2)21(24)12-19/h5-6,12,17,20H,3-4,7-11,13-16H2,1-2H3/t17-,20+/m1/s1. The quantitative estimate of drug-likeness (QED) is 0.788. The molecule has 4 nitrogen and oxygen atoms in total. The first-order valence-electron chi connectivity index (χ1n) is 10.8. The van der Waals surface area contributed by atoms with Crippen LogP contribution < -0.4 is 0 Å². The highest BCUT2D eigenvalue weighted by Gasteiger charge is 2.43. The number of carbonyl (C=O) groups excluding carboxylic acids is 1. The molecule has 28 heavy (non-hydrogen) atoms. The fourth-order valence-corrected chi connectivity index (χ4v) is 5.19. The molecule has 1 aromatic rings. The molecule has 0 aromatic heterocycles. The van der Waals surface area contributed by atoms with Crippen LogP contribution in [0.3, 0.4) is 0 Å². The molecule has 4 rings (SSSR count). The summed E-state index contributed by atoms with van der Waals surface area (Å²) < 4.78 is 20.0. The molecular weight excluding hydrogens is 355 g/mol. The summed E-state index contributed by atoms with van der Waals surface area (Å²) in [7, 11) is 0. The second kappa shape index (κ2) is 8.11. The Hall–Kier alpha value is -1.46. The maximum Gasteiger partial charge on any atom is 0.253 e. The van der Waals surface area contributed by atoms with Gasteiger partial charge in [-0.25, -0.2) is 4.39 Å². The number of piperidine rings is 2. The van der Waals surface area contributed by atoms with E-state index < -0.39 is 0 Å². The molecule has 1 amide bonds. The predicted molar refractivity (Wildman–Crippen MR) is 108 cm³/mol. The van der Waals surface area contributed by atoms with Crippen LogP contribution in [0, 0.1) is 24.1 Å². The monoisotopic (exact) mass is 388 g/mol. The van der Waals surface area contributed by atoms with Crippen molar-refractivity contribution in [3.8, 4) is 0 Å². The lowest BCUT2D eigenvalue weighted by Crippen LogP contribution is -2.44. The van der Waals surface area contributed by atoms with Crippen LogP contribution in [0.4, 0.5) is 4.39 Å². The molecule has 3 aliphatic heterocycles. The molecule has 0 saturated carbocycles. The number of amides is 1. The SMILES string of the molecule is Cc1ccc(C(=O)N2CCC3(CC2)CO[C@H](CN2CCC[C@@H](C)C2)C3)cc1F. The minimum atomic E-state index is -0.307. The molecule has 0 bridgehead atoms. The lowest BCUT2D eigenvalue weighted by molar-refractivity contribution is 0.0402. The van der Waals surface area contributed by atoms with Gasteiger partial charge in [0.2, 0.25) is 0 Å². The van der Waals surface area contributed by atoms with Crippen molar-refractivity contribution >= 4 is 5.91 Å². The van der Waals surface area contributed by atoms with Crippen LogP contribution >= 0.6 is 0 Å².